The summed E-state index contributed by atoms with van der Waals surface area (Å²) in [5.41, 5.74) is 0.136. The Bertz CT molecular complexity index is 1310. The largest absolute Gasteiger partial charge is 0.379 e. The van der Waals surface area contributed by atoms with Crippen molar-refractivity contribution in [3.8, 4) is 0 Å². The van der Waals surface area contributed by atoms with Crippen LogP contribution >= 0.6 is 0 Å². The number of likely N-dealkylation sites (tertiary alicyclic amines) is 1. The molecule has 1 amide bonds. The molecular weight excluding hydrogens is 441 g/mol. The van der Waals surface area contributed by atoms with Gasteiger partial charge in [0.2, 0.25) is 0 Å². The lowest BCUT2D eigenvalue weighted by atomic mass is 10.1. The number of carbonyl (C=O) groups is 2. The molecule has 9 nitrogen and oxygen atoms in total. The molecule has 0 unspecified atom stereocenters. The highest BCUT2D eigenvalue weighted by Crippen LogP contribution is 2.24. The zero-order valence-corrected chi connectivity index (χ0v) is 18.7. The van der Waals surface area contributed by atoms with Crippen LogP contribution in [0.2, 0.25) is 0 Å². The Morgan fingerprint density at radius 2 is 1.74 bits per heavy atom. The number of hydrogen-bond acceptors (Lipinski definition) is 7. The van der Waals surface area contributed by atoms with Crippen molar-refractivity contribution < 1.29 is 14.0 Å². The van der Waals surface area contributed by atoms with Gasteiger partial charge in [-0.15, -0.1) is 0 Å². The predicted molar refractivity (Wildman–Crippen MR) is 127 cm³/mol. The van der Waals surface area contributed by atoms with Gasteiger partial charge in [0, 0.05) is 56.4 Å². The van der Waals surface area contributed by atoms with E-state index in [0.717, 1.165) is 19.6 Å². The first-order valence-corrected chi connectivity index (χ1v) is 11.6. The molecule has 0 radical (unpaired) electrons. The number of halogens is 1. The van der Waals surface area contributed by atoms with Gasteiger partial charge in [-0.3, -0.25) is 19.2 Å². The number of nitrogens with one attached hydrogen (secondary N) is 2. The van der Waals surface area contributed by atoms with E-state index < -0.39 is 28.4 Å². The highest BCUT2D eigenvalue weighted by Gasteiger charge is 2.32. The second-order valence-electron chi connectivity index (χ2n) is 8.83. The smallest absolute Gasteiger partial charge is 0.295 e. The summed E-state index contributed by atoms with van der Waals surface area (Å²) < 4.78 is 14.2. The molecule has 0 saturated carbocycles. The molecule has 0 spiro atoms. The molecule has 0 aliphatic carbocycles. The maximum atomic E-state index is 14.2. The number of carbonyl (C=O) groups excluding carboxylic acids is 2. The molecule has 2 saturated heterocycles. The second-order valence-corrected chi connectivity index (χ2v) is 8.83. The van der Waals surface area contributed by atoms with Crippen molar-refractivity contribution in [3.63, 3.8) is 0 Å². The van der Waals surface area contributed by atoms with Gasteiger partial charge in [-0.1, -0.05) is 6.07 Å². The zero-order valence-electron chi connectivity index (χ0n) is 18.7. The Labute approximate surface area is 194 Å². The zero-order chi connectivity index (χ0) is 23.8. The van der Waals surface area contributed by atoms with E-state index in [2.05, 4.69) is 15.2 Å². The Balaban J connectivity index is 1.21. The van der Waals surface area contributed by atoms with Crippen LogP contribution in [-0.2, 0) is 4.79 Å². The van der Waals surface area contributed by atoms with Crippen LogP contribution in [-0.4, -0.2) is 78.8 Å². The molecule has 1 aromatic heterocycles. The van der Waals surface area contributed by atoms with E-state index in [4.69, 9.17) is 0 Å². The average molecular weight is 468 g/mol. The van der Waals surface area contributed by atoms with Crippen LogP contribution in [0.3, 0.4) is 0 Å². The fourth-order valence-electron chi connectivity index (χ4n) is 4.90. The van der Waals surface area contributed by atoms with Gasteiger partial charge in [0.05, 0.1) is 5.56 Å². The lowest BCUT2D eigenvalue weighted by Crippen LogP contribution is -2.54. The summed E-state index contributed by atoms with van der Waals surface area (Å²) in [6.07, 6.45) is 3.73. The highest BCUT2D eigenvalue weighted by molar-refractivity contribution is 6.44. The standard InChI is InChI=1S/C24H26FN5O4/c25-16-4-3-5-17-18(16)15(14-27-17)21(31)24(34)30-12-10-29(11-13-30)20-19(22(32)23(20)33)26-6-9-28-7-1-2-8-28/h3-5,14,26-27H,1-2,6-13H2. The number of aromatic amines is 1. The lowest BCUT2D eigenvalue weighted by Gasteiger charge is -2.36. The van der Waals surface area contributed by atoms with Gasteiger partial charge in [-0.25, -0.2) is 4.39 Å². The van der Waals surface area contributed by atoms with Crippen LogP contribution in [0.4, 0.5) is 15.8 Å². The third-order valence-electron chi connectivity index (χ3n) is 6.79. The van der Waals surface area contributed by atoms with Crippen molar-refractivity contribution >= 4 is 34.0 Å². The van der Waals surface area contributed by atoms with Gasteiger partial charge >= 0.3 is 0 Å². The molecule has 5 rings (SSSR count). The monoisotopic (exact) mass is 467 g/mol. The Morgan fingerprint density at radius 1 is 1.00 bits per heavy atom. The Kier molecular flexibility index (Phi) is 5.91. The fourth-order valence-corrected chi connectivity index (χ4v) is 4.90. The molecule has 3 heterocycles. The molecule has 34 heavy (non-hydrogen) atoms. The van der Waals surface area contributed by atoms with Crippen molar-refractivity contribution in [2.45, 2.75) is 12.8 Å². The summed E-state index contributed by atoms with van der Waals surface area (Å²) in [6, 6.07) is 4.41. The van der Waals surface area contributed by atoms with Crippen LogP contribution in [0, 0.1) is 5.82 Å². The maximum Gasteiger partial charge on any atom is 0.295 e. The summed E-state index contributed by atoms with van der Waals surface area (Å²) in [7, 11) is 0. The lowest BCUT2D eigenvalue weighted by molar-refractivity contribution is -0.126. The van der Waals surface area contributed by atoms with Crippen molar-refractivity contribution in [1.29, 1.82) is 0 Å². The maximum absolute atomic E-state index is 14.2. The van der Waals surface area contributed by atoms with Crippen molar-refractivity contribution in [1.82, 2.24) is 14.8 Å². The number of ketones is 1. The minimum absolute atomic E-state index is 0.00694. The van der Waals surface area contributed by atoms with Crippen LogP contribution in [0.1, 0.15) is 23.2 Å². The summed E-state index contributed by atoms with van der Waals surface area (Å²) in [5.74, 6) is -2.05. The minimum Gasteiger partial charge on any atom is -0.379 e. The number of piperazine rings is 1. The van der Waals surface area contributed by atoms with Crippen LogP contribution in [0.5, 0.6) is 0 Å². The van der Waals surface area contributed by atoms with Gasteiger partial charge in [0.15, 0.2) is 0 Å². The second kappa shape index (κ2) is 9.02. The average Bonchev–Trinajstić information content (AvgIpc) is 3.53. The van der Waals surface area contributed by atoms with E-state index in [-0.39, 0.29) is 24.0 Å². The number of nitrogens with zero attached hydrogens (tertiary/aromatic N) is 3. The summed E-state index contributed by atoms with van der Waals surface area (Å²) >= 11 is 0. The minimum atomic E-state index is -0.775. The van der Waals surface area contributed by atoms with Crippen molar-refractivity contribution in [2.24, 2.45) is 0 Å². The number of fused-ring (bicyclic) bond motifs is 1. The van der Waals surface area contributed by atoms with Gasteiger partial charge in [-0.2, -0.15) is 0 Å². The van der Waals surface area contributed by atoms with Gasteiger partial charge in [0.25, 0.3) is 22.5 Å². The van der Waals surface area contributed by atoms with Gasteiger partial charge in [-0.05, 0) is 38.1 Å². The first kappa shape index (κ1) is 22.3. The van der Waals surface area contributed by atoms with E-state index in [1.807, 2.05) is 0 Å². The number of aromatic nitrogens is 1. The first-order valence-electron chi connectivity index (χ1n) is 11.6. The molecule has 178 valence electrons. The SMILES string of the molecule is O=C(C(=O)N1CCN(c2c(NCCN3CCCC3)c(=O)c2=O)CC1)c1c[nH]c2cccc(F)c12. The third-order valence-corrected chi connectivity index (χ3v) is 6.79. The number of anilines is 2. The first-order chi connectivity index (χ1) is 16.5. The topological polar surface area (TPSA) is 106 Å². The summed E-state index contributed by atoms with van der Waals surface area (Å²) in [5, 5.41) is 3.22. The van der Waals surface area contributed by atoms with Gasteiger partial charge < -0.3 is 25.0 Å². The molecular formula is C24H26FN5O4. The fraction of sp³-hybridized carbons (Fsp3) is 0.417. The molecule has 0 atom stereocenters. The molecule has 2 aliphatic heterocycles. The molecule has 2 aromatic carbocycles. The van der Waals surface area contributed by atoms with Crippen LogP contribution in [0.25, 0.3) is 10.9 Å². The van der Waals surface area contributed by atoms with E-state index in [0.29, 0.717) is 36.5 Å². The number of benzene rings is 1. The third kappa shape index (κ3) is 3.87. The molecule has 0 bridgehead atoms. The van der Waals surface area contributed by atoms with E-state index >= 15 is 0 Å². The normalized spacial score (nSPS) is 17.1. The molecule has 2 aliphatic rings. The predicted octanol–water partition coefficient (Wildman–Crippen LogP) is 0.942. The number of Topliss-reactive ketones (excluding diaryl/α,β-unsaturated/α-hetero) is 1. The number of H-pyrrole nitrogens is 1. The van der Waals surface area contributed by atoms with E-state index in [1.165, 1.54) is 36.1 Å². The van der Waals surface area contributed by atoms with Crippen molar-refractivity contribution in [3.05, 3.63) is 56.2 Å². The molecule has 2 fully saturated rings. The van der Waals surface area contributed by atoms with Crippen LogP contribution < -0.4 is 21.1 Å². The number of amides is 1. The Hall–Kier alpha value is -3.53. The quantitative estimate of drug-likeness (QED) is 0.394. The summed E-state index contributed by atoms with van der Waals surface area (Å²) in [6.45, 7) is 4.62. The number of rotatable bonds is 7. The van der Waals surface area contributed by atoms with Crippen LogP contribution in [0.15, 0.2) is 34.0 Å². The Morgan fingerprint density at radius 3 is 2.47 bits per heavy atom. The summed E-state index contributed by atoms with van der Waals surface area (Å²) in [4.78, 5) is 58.4. The molecule has 2 N–H and O–H groups in total. The molecule has 3 aromatic rings. The van der Waals surface area contributed by atoms with E-state index in [1.54, 1.807) is 11.0 Å². The molecule has 10 heteroatoms. The number of hydrogen-bond donors (Lipinski definition) is 2. The van der Waals surface area contributed by atoms with Gasteiger partial charge in [0.1, 0.15) is 17.2 Å². The van der Waals surface area contributed by atoms with Crippen molar-refractivity contribution in [2.75, 3.05) is 62.6 Å². The highest BCUT2D eigenvalue weighted by atomic mass is 19.1. The van der Waals surface area contributed by atoms with E-state index in [9.17, 15) is 23.6 Å².